The van der Waals surface area contributed by atoms with Crippen LogP contribution in [0.5, 0.6) is 0 Å². The predicted octanol–water partition coefficient (Wildman–Crippen LogP) is 1.75. The van der Waals surface area contributed by atoms with Gasteiger partial charge < -0.3 is 10.2 Å². The van der Waals surface area contributed by atoms with E-state index in [-0.39, 0.29) is 12.8 Å². The molecule has 0 aromatic rings. The highest BCUT2D eigenvalue weighted by molar-refractivity contribution is 5.98. The van der Waals surface area contributed by atoms with E-state index >= 15 is 0 Å². The fourth-order valence-electron chi connectivity index (χ4n) is 1.40. The number of rotatable bonds is 7. The van der Waals surface area contributed by atoms with Crippen LogP contribution in [0.3, 0.4) is 0 Å². The Bertz CT molecular complexity index is 261. The lowest BCUT2D eigenvalue weighted by atomic mass is 9.80. The second-order valence-electron chi connectivity index (χ2n) is 3.53. The number of aliphatic carboxylic acids is 2. The largest absolute Gasteiger partial charge is 0.480 e. The molecular weight excluding hydrogens is 196 g/mol. The van der Waals surface area contributed by atoms with Crippen molar-refractivity contribution in [2.24, 2.45) is 5.41 Å². The molecule has 0 radical (unpaired) electrons. The Labute approximate surface area is 89.3 Å². The molecule has 0 aromatic carbocycles. The van der Waals surface area contributed by atoms with Crippen molar-refractivity contribution in [2.75, 3.05) is 0 Å². The van der Waals surface area contributed by atoms with Gasteiger partial charge in [0.1, 0.15) is 0 Å². The Kier molecular flexibility index (Phi) is 5.46. The van der Waals surface area contributed by atoms with Crippen LogP contribution in [0.4, 0.5) is 0 Å². The van der Waals surface area contributed by atoms with E-state index in [2.05, 4.69) is 5.92 Å². The van der Waals surface area contributed by atoms with E-state index in [4.69, 9.17) is 16.6 Å². The summed E-state index contributed by atoms with van der Waals surface area (Å²) in [7, 11) is 0. The molecule has 0 heterocycles. The second kappa shape index (κ2) is 6.07. The normalized spacial score (nSPS) is 10.7. The Balaban J connectivity index is 4.73. The van der Waals surface area contributed by atoms with Gasteiger partial charge in [-0.25, -0.2) is 0 Å². The zero-order valence-electron chi connectivity index (χ0n) is 8.82. The van der Waals surface area contributed by atoms with Crippen LogP contribution in [-0.4, -0.2) is 22.2 Å². The quantitative estimate of drug-likeness (QED) is 0.383. The molecule has 0 saturated heterocycles. The minimum atomic E-state index is -1.80. The fourth-order valence-corrected chi connectivity index (χ4v) is 1.40. The summed E-state index contributed by atoms with van der Waals surface area (Å²) in [4.78, 5) is 21.9. The van der Waals surface area contributed by atoms with Crippen molar-refractivity contribution >= 4 is 11.9 Å². The van der Waals surface area contributed by atoms with Gasteiger partial charge >= 0.3 is 11.9 Å². The van der Waals surface area contributed by atoms with Crippen molar-refractivity contribution in [3.8, 4) is 12.3 Å². The molecule has 0 atom stereocenters. The molecule has 0 aliphatic carbocycles. The van der Waals surface area contributed by atoms with E-state index in [1.54, 1.807) is 0 Å². The number of carbonyl (C=O) groups is 2. The van der Waals surface area contributed by atoms with Crippen molar-refractivity contribution in [2.45, 2.75) is 39.0 Å². The smallest absolute Gasteiger partial charge is 0.322 e. The first-order valence-electron chi connectivity index (χ1n) is 4.91. The molecule has 2 N–H and O–H groups in total. The summed E-state index contributed by atoms with van der Waals surface area (Å²) in [6, 6.07) is 0. The molecule has 0 bridgehead atoms. The predicted molar refractivity (Wildman–Crippen MR) is 55.3 cm³/mol. The number of hydrogen-bond acceptors (Lipinski definition) is 2. The molecule has 15 heavy (non-hydrogen) atoms. The van der Waals surface area contributed by atoms with Crippen molar-refractivity contribution in [3.63, 3.8) is 0 Å². The van der Waals surface area contributed by atoms with Gasteiger partial charge in [0.2, 0.25) is 0 Å². The standard InChI is InChI=1S/C11H16O4/c1-3-5-6-8-11(7-4-2,9(12)13)10(14)15/h2H,3,5-8H2,1H3,(H,12,13)(H,14,15). The van der Waals surface area contributed by atoms with Crippen molar-refractivity contribution < 1.29 is 19.8 Å². The van der Waals surface area contributed by atoms with Gasteiger partial charge in [-0.1, -0.05) is 26.2 Å². The van der Waals surface area contributed by atoms with E-state index in [9.17, 15) is 9.59 Å². The first-order chi connectivity index (χ1) is 7.01. The number of terminal acetylenes is 1. The second-order valence-corrected chi connectivity index (χ2v) is 3.53. The molecule has 4 nitrogen and oxygen atoms in total. The van der Waals surface area contributed by atoms with E-state index in [1.807, 2.05) is 6.92 Å². The monoisotopic (exact) mass is 212 g/mol. The SMILES string of the molecule is C#CCC(CCCCC)(C(=O)O)C(=O)O. The van der Waals surface area contributed by atoms with Gasteiger partial charge in [-0.15, -0.1) is 12.3 Å². The van der Waals surface area contributed by atoms with Crippen LogP contribution in [0.15, 0.2) is 0 Å². The van der Waals surface area contributed by atoms with Crippen LogP contribution in [0, 0.1) is 17.8 Å². The number of unbranched alkanes of at least 4 members (excludes halogenated alkanes) is 2. The minimum Gasteiger partial charge on any atom is -0.480 e. The molecule has 0 rings (SSSR count). The van der Waals surface area contributed by atoms with Gasteiger partial charge in [0.25, 0.3) is 0 Å². The lowest BCUT2D eigenvalue weighted by molar-refractivity contribution is -0.165. The number of carboxylic acid groups (broad SMARTS) is 2. The van der Waals surface area contributed by atoms with E-state index in [1.165, 1.54) is 0 Å². The Morgan fingerprint density at radius 1 is 1.27 bits per heavy atom. The molecule has 0 saturated carbocycles. The maximum atomic E-state index is 11.0. The lowest BCUT2D eigenvalue weighted by Crippen LogP contribution is -2.39. The zero-order valence-corrected chi connectivity index (χ0v) is 8.82. The summed E-state index contributed by atoms with van der Waals surface area (Å²) in [5.74, 6) is -0.550. The number of carboxylic acids is 2. The van der Waals surface area contributed by atoms with Gasteiger partial charge in [-0.05, 0) is 6.42 Å². The zero-order chi connectivity index (χ0) is 11.9. The fraction of sp³-hybridized carbons (Fsp3) is 0.636. The van der Waals surface area contributed by atoms with Crippen LogP contribution in [-0.2, 0) is 9.59 Å². The first kappa shape index (κ1) is 13.5. The maximum Gasteiger partial charge on any atom is 0.322 e. The maximum absolute atomic E-state index is 11.0. The van der Waals surface area contributed by atoms with Crippen LogP contribution >= 0.6 is 0 Å². The summed E-state index contributed by atoms with van der Waals surface area (Å²) in [5.41, 5.74) is -1.80. The molecule has 0 fully saturated rings. The van der Waals surface area contributed by atoms with Crippen LogP contribution < -0.4 is 0 Å². The summed E-state index contributed by atoms with van der Waals surface area (Å²) < 4.78 is 0. The molecule has 0 aromatic heterocycles. The molecule has 0 unspecified atom stereocenters. The summed E-state index contributed by atoms with van der Waals surface area (Å²) in [5, 5.41) is 17.9. The molecular formula is C11H16O4. The molecule has 0 aliphatic rings. The van der Waals surface area contributed by atoms with Gasteiger partial charge in [0, 0.05) is 6.42 Å². The van der Waals surface area contributed by atoms with Crippen molar-refractivity contribution in [3.05, 3.63) is 0 Å². The highest BCUT2D eigenvalue weighted by Crippen LogP contribution is 2.29. The van der Waals surface area contributed by atoms with E-state index in [0.29, 0.717) is 6.42 Å². The highest BCUT2D eigenvalue weighted by atomic mass is 16.4. The first-order valence-corrected chi connectivity index (χ1v) is 4.91. The average molecular weight is 212 g/mol. The number of hydrogen-bond donors (Lipinski definition) is 2. The molecule has 0 spiro atoms. The Morgan fingerprint density at radius 3 is 2.13 bits per heavy atom. The van der Waals surface area contributed by atoms with Crippen molar-refractivity contribution in [1.82, 2.24) is 0 Å². The van der Waals surface area contributed by atoms with Gasteiger partial charge in [-0.2, -0.15) is 0 Å². The van der Waals surface area contributed by atoms with Crippen LogP contribution in [0.2, 0.25) is 0 Å². The highest BCUT2D eigenvalue weighted by Gasteiger charge is 2.45. The van der Waals surface area contributed by atoms with Gasteiger partial charge in [-0.3, -0.25) is 9.59 Å². The lowest BCUT2D eigenvalue weighted by Gasteiger charge is -2.22. The third-order valence-electron chi connectivity index (χ3n) is 2.43. The average Bonchev–Trinajstić information content (AvgIpc) is 2.15. The van der Waals surface area contributed by atoms with Gasteiger partial charge in [0.05, 0.1) is 0 Å². The molecule has 4 heteroatoms. The Hall–Kier alpha value is -1.50. The van der Waals surface area contributed by atoms with Crippen molar-refractivity contribution in [1.29, 1.82) is 0 Å². The minimum absolute atomic E-state index is 0.0930. The molecule has 0 amide bonds. The van der Waals surface area contributed by atoms with Gasteiger partial charge in [0.15, 0.2) is 5.41 Å². The van der Waals surface area contributed by atoms with Crippen LogP contribution in [0.1, 0.15) is 39.0 Å². The van der Waals surface area contributed by atoms with Crippen LogP contribution in [0.25, 0.3) is 0 Å². The molecule has 84 valence electrons. The third kappa shape index (κ3) is 3.28. The Morgan fingerprint density at radius 2 is 1.80 bits per heavy atom. The third-order valence-corrected chi connectivity index (χ3v) is 2.43. The topological polar surface area (TPSA) is 74.6 Å². The summed E-state index contributed by atoms with van der Waals surface area (Å²) in [6.07, 6.45) is 7.13. The van der Waals surface area contributed by atoms with E-state index < -0.39 is 17.4 Å². The summed E-state index contributed by atoms with van der Waals surface area (Å²) in [6.45, 7) is 1.96. The summed E-state index contributed by atoms with van der Waals surface area (Å²) >= 11 is 0. The molecule has 0 aliphatic heterocycles. The van der Waals surface area contributed by atoms with E-state index in [0.717, 1.165) is 12.8 Å².